The molecule has 0 saturated carbocycles. The molecule has 3 heterocycles. The van der Waals surface area contributed by atoms with E-state index >= 15 is 0 Å². The highest BCUT2D eigenvalue weighted by Gasteiger charge is 2.29. The Kier molecular flexibility index (Phi) is 5.27. The molecule has 148 valence electrons. The van der Waals surface area contributed by atoms with E-state index < -0.39 is 0 Å². The van der Waals surface area contributed by atoms with Gasteiger partial charge in [-0.3, -0.25) is 0 Å². The van der Waals surface area contributed by atoms with Gasteiger partial charge in [-0.1, -0.05) is 18.2 Å². The third-order valence-corrected chi connectivity index (χ3v) is 5.35. The Bertz CT molecular complexity index is 837. The molecule has 1 atom stereocenters. The third kappa shape index (κ3) is 3.72. The SMILES string of the molecule is CCOC(=O)N1CCC(Nc2nncc(N3c4ccccc4CC3C)n2)CC1. The fraction of sp³-hybridized carbons (Fsp3) is 0.500. The molecule has 1 unspecified atom stereocenters. The van der Waals surface area contributed by atoms with E-state index in [-0.39, 0.29) is 12.1 Å². The smallest absolute Gasteiger partial charge is 0.409 e. The summed E-state index contributed by atoms with van der Waals surface area (Å²) >= 11 is 0. The molecule has 4 rings (SSSR count). The summed E-state index contributed by atoms with van der Waals surface area (Å²) in [7, 11) is 0. The van der Waals surface area contributed by atoms with E-state index in [1.54, 1.807) is 11.1 Å². The van der Waals surface area contributed by atoms with E-state index in [0.29, 0.717) is 31.7 Å². The molecule has 28 heavy (non-hydrogen) atoms. The molecule has 1 aromatic carbocycles. The van der Waals surface area contributed by atoms with Gasteiger partial charge in [0.25, 0.3) is 0 Å². The summed E-state index contributed by atoms with van der Waals surface area (Å²) in [5.74, 6) is 1.34. The number of ether oxygens (including phenoxy) is 1. The van der Waals surface area contributed by atoms with Crippen molar-refractivity contribution in [3.63, 3.8) is 0 Å². The van der Waals surface area contributed by atoms with Crippen molar-refractivity contribution in [1.82, 2.24) is 20.1 Å². The number of fused-ring (bicyclic) bond motifs is 1. The Morgan fingerprint density at radius 3 is 2.86 bits per heavy atom. The van der Waals surface area contributed by atoms with Gasteiger partial charge in [0, 0.05) is 30.9 Å². The predicted octanol–water partition coefficient (Wildman–Crippen LogP) is 2.99. The Morgan fingerprint density at radius 1 is 1.29 bits per heavy atom. The monoisotopic (exact) mass is 382 g/mol. The van der Waals surface area contributed by atoms with Crippen molar-refractivity contribution < 1.29 is 9.53 Å². The molecule has 0 aliphatic carbocycles. The fourth-order valence-corrected chi connectivity index (χ4v) is 3.99. The van der Waals surface area contributed by atoms with Crippen LogP contribution in [0, 0.1) is 0 Å². The third-order valence-electron chi connectivity index (χ3n) is 5.35. The number of nitrogens with zero attached hydrogens (tertiary/aromatic N) is 5. The molecule has 1 amide bonds. The minimum atomic E-state index is -0.234. The predicted molar refractivity (Wildman–Crippen MR) is 107 cm³/mol. The van der Waals surface area contributed by atoms with Gasteiger partial charge in [-0.2, -0.15) is 10.1 Å². The van der Waals surface area contributed by atoms with Crippen molar-refractivity contribution in [2.45, 2.75) is 45.2 Å². The lowest BCUT2D eigenvalue weighted by molar-refractivity contribution is 0.0983. The van der Waals surface area contributed by atoms with Crippen LogP contribution >= 0.6 is 0 Å². The maximum absolute atomic E-state index is 11.8. The van der Waals surface area contributed by atoms with Gasteiger partial charge < -0.3 is 19.9 Å². The molecular weight excluding hydrogens is 356 g/mol. The molecular formula is C20H26N6O2. The van der Waals surface area contributed by atoms with Crippen molar-refractivity contribution >= 4 is 23.5 Å². The highest BCUT2D eigenvalue weighted by Crippen LogP contribution is 2.36. The molecule has 8 heteroatoms. The van der Waals surface area contributed by atoms with Crippen LogP contribution in [0.25, 0.3) is 0 Å². The summed E-state index contributed by atoms with van der Waals surface area (Å²) in [6.07, 6.45) is 4.13. The van der Waals surface area contributed by atoms with Crippen molar-refractivity contribution in [2.24, 2.45) is 0 Å². The summed E-state index contributed by atoms with van der Waals surface area (Å²) in [5.41, 5.74) is 2.51. The number of rotatable bonds is 4. The number of para-hydroxylation sites is 1. The molecule has 1 fully saturated rings. The Hall–Kier alpha value is -2.90. The van der Waals surface area contributed by atoms with Crippen LogP contribution in [0.1, 0.15) is 32.3 Å². The van der Waals surface area contributed by atoms with Gasteiger partial charge in [-0.25, -0.2) is 4.79 Å². The van der Waals surface area contributed by atoms with Crippen LogP contribution in [0.3, 0.4) is 0 Å². The van der Waals surface area contributed by atoms with Crippen LogP contribution in [0.5, 0.6) is 0 Å². The van der Waals surface area contributed by atoms with E-state index in [1.165, 1.54) is 11.3 Å². The first kappa shape index (κ1) is 18.5. The van der Waals surface area contributed by atoms with E-state index in [2.05, 4.69) is 51.6 Å². The molecule has 8 nitrogen and oxygen atoms in total. The first-order chi connectivity index (χ1) is 13.7. The van der Waals surface area contributed by atoms with Crippen LogP contribution in [0.2, 0.25) is 0 Å². The number of carbonyl (C=O) groups excluding carboxylic acids is 1. The molecule has 2 aliphatic heterocycles. The molecule has 0 bridgehead atoms. The number of hydrogen-bond acceptors (Lipinski definition) is 7. The van der Waals surface area contributed by atoms with Gasteiger partial charge in [0.15, 0.2) is 5.82 Å². The first-order valence-corrected chi connectivity index (χ1v) is 9.90. The van der Waals surface area contributed by atoms with Gasteiger partial charge in [0.05, 0.1) is 12.8 Å². The van der Waals surface area contributed by atoms with Crippen LogP contribution < -0.4 is 10.2 Å². The van der Waals surface area contributed by atoms with E-state index in [9.17, 15) is 4.79 Å². The average Bonchev–Trinajstić information content (AvgIpc) is 3.04. The average molecular weight is 382 g/mol. The topological polar surface area (TPSA) is 83.5 Å². The zero-order valence-corrected chi connectivity index (χ0v) is 16.3. The number of likely N-dealkylation sites (tertiary alicyclic amines) is 1. The van der Waals surface area contributed by atoms with Gasteiger partial charge >= 0.3 is 6.09 Å². The molecule has 1 N–H and O–H groups in total. The number of aromatic nitrogens is 3. The summed E-state index contributed by atoms with van der Waals surface area (Å²) in [6.45, 7) is 5.76. The Morgan fingerprint density at radius 2 is 2.07 bits per heavy atom. The normalized spacial score (nSPS) is 19.4. The minimum Gasteiger partial charge on any atom is -0.450 e. The zero-order valence-electron chi connectivity index (χ0n) is 16.3. The van der Waals surface area contributed by atoms with Crippen LogP contribution in [-0.2, 0) is 11.2 Å². The zero-order chi connectivity index (χ0) is 19.5. The van der Waals surface area contributed by atoms with E-state index in [0.717, 1.165) is 25.1 Å². The highest BCUT2D eigenvalue weighted by molar-refractivity contribution is 5.69. The van der Waals surface area contributed by atoms with Gasteiger partial charge in [0.1, 0.15) is 0 Å². The van der Waals surface area contributed by atoms with Gasteiger partial charge in [-0.05, 0) is 44.7 Å². The second-order valence-electron chi connectivity index (χ2n) is 7.29. The van der Waals surface area contributed by atoms with Crippen molar-refractivity contribution in [3.05, 3.63) is 36.0 Å². The maximum atomic E-state index is 11.8. The number of hydrogen-bond donors (Lipinski definition) is 1. The molecule has 1 saturated heterocycles. The molecule has 0 radical (unpaired) electrons. The van der Waals surface area contributed by atoms with Gasteiger partial charge in [0.2, 0.25) is 5.95 Å². The van der Waals surface area contributed by atoms with E-state index in [1.807, 2.05) is 6.92 Å². The largest absolute Gasteiger partial charge is 0.450 e. The first-order valence-electron chi connectivity index (χ1n) is 9.90. The lowest BCUT2D eigenvalue weighted by atomic mass is 10.1. The fourth-order valence-electron chi connectivity index (χ4n) is 3.99. The standard InChI is InChI=1S/C20H26N6O2/c1-3-28-20(27)25-10-8-16(9-11-25)22-19-23-18(13-21-24-19)26-14(2)12-15-6-4-5-7-17(15)26/h4-7,13-14,16H,3,8-12H2,1-2H3,(H,22,23,24). The Labute approximate surface area is 164 Å². The maximum Gasteiger partial charge on any atom is 0.409 e. The number of piperidine rings is 1. The number of nitrogens with one attached hydrogen (secondary N) is 1. The summed E-state index contributed by atoms with van der Waals surface area (Å²) in [6, 6.07) is 8.95. The number of amides is 1. The molecule has 0 spiro atoms. The molecule has 1 aromatic heterocycles. The lowest BCUT2D eigenvalue weighted by Gasteiger charge is -2.31. The molecule has 2 aromatic rings. The second kappa shape index (κ2) is 8.00. The summed E-state index contributed by atoms with van der Waals surface area (Å²) < 4.78 is 5.07. The number of benzene rings is 1. The minimum absolute atomic E-state index is 0.214. The van der Waals surface area contributed by atoms with Crippen molar-refractivity contribution in [2.75, 3.05) is 29.9 Å². The highest BCUT2D eigenvalue weighted by atomic mass is 16.6. The summed E-state index contributed by atoms with van der Waals surface area (Å²) in [5, 5.41) is 11.7. The second-order valence-corrected chi connectivity index (χ2v) is 7.29. The van der Waals surface area contributed by atoms with Crippen LogP contribution in [-0.4, -0.2) is 58.0 Å². The van der Waals surface area contributed by atoms with Crippen molar-refractivity contribution in [3.8, 4) is 0 Å². The van der Waals surface area contributed by atoms with E-state index in [4.69, 9.17) is 9.72 Å². The number of anilines is 3. The Balaban J connectivity index is 1.42. The lowest BCUT2D eigenvalue weighted by Crippen LogP contribution is -2.42. The quantitative estimate of drug-likeness (QED) is 0.870. The van der Waals surface area contributed by atoms with Crippen molar-refractivity contribution in [1.29, 1.82) is 0 Å². The summed E-state index contributed by atoms with van der Waals surface area (Å²) in [4.78, 5) is 20.5. The molecule has 2 aliphatic rings. The van der Waals surface area contributed by atoms with Crippen LogP contribution in [0.4, 0.5) is 22.2 Å². The van der Waals surface area contributed by atoms with Gasteiger partial charge in [-0.15, -0.1) is 5.10 Å². The van der Waals surface area contributed by atoms with Crippen LogP contribution in [0.15, 0.2) is 30.5 Å². The number of carbonyl (C=O) groups is 1.